The van der Waals surface area contributed by atoms with Crippen molar-refractivity contribution in [2.45, 2.75) is 33.1 Å². The first kappa shape index (κ1) is 14.4. The van der Waals surface area contributed by atoms with Crippen LogP contribution in [0, 0.1) is 5.41 Å². The number of methoxy groups -OCH3 is 1. The number of rotatable bonds is 9. The van der Waals surface area contributed by atoms with E-state index >= 15 is 0 Å². The molecule has 0 aromatic rings. The number of hydrogen-bond acceptors (Lipinski definition) is 3. The van der Waals surface area contributed by atoms with Crippen LogP contribution in [-0.4, -0.2) is 38.0 Å². The van der Waals surface area contributed by atoms with Crippen molar-refractivity contribution in [2.24, 2.45) is 5.41 Å². The van der Waals surface area contributed by atoms with E-state index in [9.17, 15) is 4.79 Å². The molecule has 0 heterocycles. The van der Waals surface area contributed by atoms with Gasteiger partial charge in [0, 0.05) is 13.7 Å². The Kier molecular flexibility index (Phi) is 7.34. The van der Waals surface area contributed by atoms with Gasteiger partial charge in [0.05, 0.1) is 18.6 Å². The molecule has 0 radical (unpaired) electrons. The molecule has 0 aliphatic carbocycles. The van der Waals surface area contributed by atoms with Crippen molar-refractivity contribution in [3.05, 3.63) is 0 Å². The Balaban J connectivity index is 3.35. The van der Waals surface area contributed by atoms with Gasteiger partial charge in [0.2, 0.25) is 0 Å². The van der Waals surface area contributed by atoms with Crippen molar-refractivity contribution >= 4 is 5.97 Å². The van der Waals surface area contributed by atoms with Crippen LogP contribution in [0.3, 0.4) is 0 Å². The van der Waals surface area contributed by atoms with Crippen LogP contribution in [0.1, 0.15) is 33.1 Å². The maximum Gasteiger partial charge on any atom is 0.309 e. The summed E-state index contributed by atoms with van der Waals surface area (Å²) in [7, 11) is 1.64. The molecule has 90 valence electrons. The lowest BCUT2D eigenvalue weighted by molar-refractivity contribution is -0.147. The summed E-state index contributed by atoms with van der Waals surface area (Å²) in [5, 5.41) is 8.87. The highest BCUT2D eigenvalue weighted by Gasteiger charge is 2.25. The smallest absolute Gasteiger partial charge is 0.309 e. The molecule has 0 saturated heterocycles. The third kappa shape index (κ3) is 7.33. The summed E-state index contributed by atoms with van der Waals surface area (Å²) in [5.74, 6) is -0.734. The van der Waals surface area contributed by atoms with Gasteiger partial charge < -0.3 is 14.6 Å². The van der Waals surface area contributed by atoms with Crippen LogP contribution >= 0.6 is 0 Å². The molecule has 1 N–H and O–H groups in total. The fraction of sp³-hybridized carbons (Fsp3) is 0.909. The third-order valence-corrected chi connectivity index (χ3v) is 2.35. The maximum absolute atomic E-state index is 10.8. The SMILES string of the molecule is COCCOCCCCC(C)(C)C(=O)O. The van der Waals surface area contributed by atoms with Crippen LogP contribution in [-0.2, 0) is 14.3 Å². The lowest BCUT2D eigenvalue weighted by Crippen LogP contribution is -2.23. The van der Waals surface area contributed by atoms with Gasteiger partial charge in [0.15, 0.2) is 0 Å². The highest BCUT2D eigenvalue weighted by molar-refractivity contribution is 5.73. The number of carbonyl (C=O) groups is 1. The van der Waals surface area contributed by atoms with E-state index < -0.39 is 11.4 Å². The molecule has 0 aliphatic rings. The van der Waals surface area contributed by atoms with Crippen molar-refractivity contribution in [3.8, 4) is 0 Å². The van der Waals surface area contributed by atoms with Gasteiger partial charge in [-0.2, -0.15) is 0 Å². The zero-order chi connectivity index (χ0) is 11.7. The summed E-state index contributed by atoms with van der Waals surface area (Å²) in [6.45, 7) is 5.40. The molecular weight excluding hydrogens is 196 g/mol. The number of unbranched alkanes of at least 4 members (excludes halogenated alkanes) is 1. The Morgan fingerprint density at radius 1 is 1.20 bits per heavy atom. The molecule has 0 aliphatic heterocycles. The minimum atomic E-state index is -0.734. The molecule has 0 atom stereocenters. The van der Waals surface area contributed by atoms with Gasteiger partial charge in [-0.05, 0) is 26.7 Å². The largest absolute Gasteiger partial charge is 0.481 e. The molecule has 0 fully saturated rings. The molecular formula is C11H22O4. The van der Waals surface area contributed by atoms with Crippen LogP contribution < -0.4 is 0 Å². The minimum absolute atomic E-state index is 0.610. The quantitative estimate of drug-likeness (QED) is 0.601. The van der Waals surface area contributed by atoms with E-state index in [-0.39, 0.29) is 0 Å². The fourth-order valence-electron chi connectivity index (χ4n) is 1.12. The maximum atomic E-state index is 10.8. The number of aliphatic carboxylic acids is 1. The van der Waals surface area contributed by atoms with E-state index in [1.807, 2.05) is 0 Å². The Labute approximate surface area is 91.6 Å². The van der Waals surface area contributed by atoms with Crippen LogP contribution in [0.2, 0.25) is 0 Å². The van der Waals surface area contributed by atoms with Gasteiger partial charge in [-0.3, -0.25) is 4.79 Å². The van der Waals surface area contributed by atoms with E-state index in [2.05, 4.69) is 0 Å². The van der Waals surface area contributed by atoms with E-state index in [0.29, 0.717) is 26.2 Å². The lowest BCUT2D eigenvalue weighted by atomic mass is 9.87. The average Bonchev–Trinajstić information content (AvgIpc) is 2.16. The Hall–Kier alpha value is -0.610. The second-order valence-corrected chi connectivity index (χ2v) is 4.25. The second kappa shape index (κ2) is 7.65. The number of carboxylic acid groups (broad SMARTS) is 1. The summed E-state index contributed by atoms with van der Waals surface area (Å²) in [6.07, 6.45) is 2.47. The third-order valence-electron chi connectivity index (χ3n) is 2.35. The van der Waals surface area contributed by atoms with Gasteiger partial charge in [-0.1, -0.05) is 6.42 Å². The van der Waals surface area contributed by atoms with Gasteiger partial charge in [-0.25, -0.2) is 0 Å². The Morgan fingerprint density at radius 3 is 2.40 bits per heavy atom. The first-order chi connectivity index (χ1) is 7.00. The first-order valence-electron chi connectivity index (χ1n) is 5.31. The normalized spacial score (nSPS) is 11.7. The molecule has 0 bridgehead atoms. The summed E-state index contributed by atoms with van der Waals surface area (Å²) < 4.78 is 10.1. The predicted molar refractivity (Wildman–Crippen MR) is 58.0 cm³/mol. The van der Waals surface area contributed by atoms with Gasteiger partial charge >= 0.3 is 5.97 Å². The summed E-state index contributed by atoms with van der Waals surface area (Å²) in [6, 6.07) is 0. The molecule has 0 spiro atoms. The van der Waals surface area contributed by atoms with E-state index in [1.54, 1.807) is 21.0 Å². The van der Waals surface area contributed by atoms with Crippen molar-refractivity contribution in [3.63, 3.8) is 0 Å². The molecule has 0 rings (SSSR count). The molecule has 4 nitrogen and oxygen atoms in total. The molecule has 0 saturated carbocycles. The molecule has 0 aromatic carbocycles. The minimum Gasteiger partial charge on any atom is -0.481 e. The average molecular weight is 218 g/mol. The lowest BCUT2D eigenvalue weighted by Gasteiger charge is -2.18. The monoisotopic (exact) mass is 218 g/mol. The van der Waals surface area contributed by atoms with Crippen LogP contribution in [0.15, 0.2) is 0 Å². The van der Waals surface area contributed by atoms with E-state index in [0.717, 1.165) is 12.8 Å². The van der Waals surface area contributed by atoms with Gasteiger partial charge in [0.1, 0.15) is 0 Å². The van der Waals surface area contributed by atoms with Gasteiger partial charge in [0.25, 0.3) is 0 Å². The van der Waals surface area contributed by atoms with E-state index in [1.165, 1.54) is 0 Å². The Bertz CT molecular complexity index is 177. The molecule has 0 aromatic heterocycles. The van der Waals surface area contributed by atoms with Crippen molar-refractivity contribution in [2.75, 3.05) is 26.9 Å². The molecule has 0 unspecified atom stereocenters. The van der Waals surface area contributed by atoms with Gasteiger partial charge in [-0.15, -0.1) is 0 Å². The summed E-state index contributed by atoms with van der Waals surface area (Å²) >= 11 is 0. The Morgan fingerprint density at radius 2 is 1.87 bits per heavy atom. The standard InChI is InChI=1S/C11H22O4/c1-11(2,10(12)13)6-4-5-7-15-9-8-14-3/h4-9H2,1-3H3,(H,12,13). The van der Waals surface area contributed by atoms with Crippen molar-refractivity contribution < 1.29 is 19.4 Å². The highest BCUT2D eigenvalue weighted by atomic mass is 16.5. The topological polar surface area (TPSA) is 55.8 Å². The van der Waals surface area contributed by atoms with Crippen LogP contribution in [0.4, 0.5) is 0 Å². The van der Waals surface area contributed by atoms with Crippen LogP contribution in [0.25, 0.3) is 0 Å². The van der Waals surface area contributed by atoms with Crippen molar-refractivity contribution in [1.82, 2.24) is 0 Å². The number of ether oxygens (including phenoxy) is 2. The predicted octanol–water partition coefficient (Wildman–Crippen LogP) is 1.93. The van der Waals surface area contributed by atoms with E-state index in [4.69, 9.17) is 14.6 Å². The summed E-state index contributed by atoms with van der Waals surface area (Å²) in [5.41, 5.74) is -0.619. The highest BCUT2D eigenvalue weighted by Crippen LogP contribution is 2.23. The second-order valence-electron chi connectivity index (χ2n) is 4.25. The van der Waals surface area contributed by atoms with Crippen molar-refractivity contribution in [1.29, 1.82) is 0 Å². The zero-order valence-corrected chi connectivity index (χ0v) is 9.91. The summed E-state index contributed by atoms with van der Waals surface area (Å²) in [4.78, 5) is 10.8. The first-order valence-corrected chi connectivity index (χ1v) is 5.31. The fourth-order valence-corrected chi connectivity index (χ4v) is 1.12. The number of hydrogen-bond donors (Lipinski definition) is 1. The molecule has 0 amide bonds. The molecule has 15 heavy (non-hydrogen) atoms. The number of carboxylic acids is 1. The van der Waals surface area contributed by atoms with Crippen LogP contribution in [0.5, 0.6) is 0 Å². The molecule has 4 heteroatoms. The zero-order valence-electron chi connectivity index (χ0n) is 9.91.